The summed E-state index contributed by atoms with van der Waals surface area (Å²) in [5, 5.41) is 0. The number of halogens is 1. The third-order valence-electron chi connectivity index (χ3n) is 3.68. The monoisotopic (exact) mass is 265 g/mol. The second-order valence-electron chi connectivity index (χ2n) is 4.96. The number of rotatable bonds is 1. The van der Waals surface area contributed by atoms with Crippen LogP contribution in [0.2, 0.25) is 0 Å². The van der Waals surface area contributed by atoms with Gasteiger partial charge in [-0.1, -0.05) is 28.9 Å². The van der Waals surface area contributed by atoms with Crippen molar-refractivity contribution >= 4 is 15.9 Å². The molecule has 0 N–H and O–H groups in total. The van der Waals surface area contributed by atoms with Crippen LogP contribution in [0.5, 0.6) is 0 Å². The molecule has 0 saturated carbocycles. The summed E-state index contributed by atoms with van der Waals surface area (Å²) in [6.07, 6.45) is 2.57. The molecule has 1 heterocycles. The van der Waals surface area contributed by atoms with Gasteiger partial charge in [0.15, 0.2) is 0 Å². The van der Waals surface area contributed by atoms with Crippen LogP contribution >= 0.6 is 15.9 Å². The summed E-state index contributed by atoms with van der Waals surface area (Å²) in [6.45, 7) is 4.92. The van der Waals surface area contributed by atoms with Crippen molar-refractivity contribution in [2.75, 3.05) is 13.1 Å². The molecule has 80 valence electrons. The van der Waals surface area contributed by atoms with Crippen molar-refractivity contribution in [2.45, 2.75) is 25.8 Å². The molecule has 1 nitrogen and oxygen atoms in total. The van der Waals surface area contributed by atoms with Gasteiger partial charge in [-0.2, -0.15) is 0 Å². The Morgan fingerprint density at radius 2 is 2.13 bits per heavy atom. The number of nitrogens with zero attached hydrogens (tertiary/aromatic N) is 1. The highest BCUT2D eigenvalue weighted by molar-refractivity contribution is 9.10. The van der Waals surface area contributed by atoms with Gasteiger partial charge in [0, 0.05) is 23.6 Å². The molecule has 0 aromatic heterocycles. The van der Waals surface area contributed by atoms with Crippen molar-refractivity contribution < 1.29 is 0 Å². The standard InChI is InChI=1S/C13H16BrN/c1-9-7-15(8-9)13-5-2-10-6-11(14)3-4-12(10)13/h3-4,6,9,13H,2,5,7-8H2,1H3. The highest BCUT2D eigenvalue weighted by atomic mass is 79.9. The SMILES string of the molecule is CC1CN(C2CCc3cc(Br)ccc32)C1. The molecule has 0 radical (unpaired) electrons. The van der Waals surface area contributed by atoms with Gasteiger partial charge in [0.1, 0.15) is 0 Å². The lowest BCUT2D eigenvalue weighted by molar-refractivity contribution is 0.0624. The molecule has 1 saturated heterocycles. The Bertz CT molecular complexity index is 382. The Kier molecular flexibility index (Phi) is 2.37. The molecule has 15 heavy (non-hydrogen) atoms. The molecule has 1 aliphatic heterocycles. The van der Waals surface area contributed by atoms with Crippen LogP contribution in [-0.4, -0.2) is 18.0 Å². The minimum Gasteiger partial charge on any atom is -0.296 e. The third-order valence-corrected chi connectivity index (χ3v) is 4.18. The molecular weight excluding hydrogens is 250 g/mol. The molecule has 0 bridgehead atoms. The first kappa shape index (κ1) is 9.86. The first-order valence-electron chi connectivity index (χ1n) is 5.76. The molecule has 1 atom stereocenters. The quantitative estimate of drug-likeness (QED) is 0.753. The van der Waals surface area contributed by atoms with E-state index in [1.165, 1.54) is 30.4 Å². The van der Waals surface area contributed by atoms with Gasteiger partial charge in [-0.05, 0) is 42.0 Å². The van der Waals surface area contributed by atoms with E-state index in [9.17, 15) is 0 Å². The number of aryl methyl sites for hydroxylation is 1. The molecule has 3 rings (SSSR count). The van der Waals surface area contributed by atoms with Gasteiger partial charge in [0.2, 0.25) is 0 Å². The number of hydrogen-bond donors (Lipinski definition) is 0. The van der Waals surface area contributed by atoms with Crippen LogP contribution in [0.3, 0.4) is 0 Å². The number of fused-ring (bicyclic) bond motifs is 1. The van der Waals surface area contributed by atoms with Gasteiger partial charge in [-0.15, -0.1) is 0 Å². The summed E-state index contributed by atoms with van der Waals surface area (Å²) < 4.78 is 1.22. The summed E-state index contributed by atoms with van der Waals surface area (Å²) in [5.41, 5.74) is 3.12. The maximum Gasteiger partial charge on any atom is 0.0354 e. The first-order valence-corrected chi connectivity index (χ1v) is 6.55. The molecule has 1 aliphatic carbocycles. The van der Waals surface area contributed by atoms with Crippen LogP contribution < -0.4 is 0 Å². The van der Waals surface area contributed by atoms with Gasteiger partial charge in [0.25, 0.3) is 0 Å². The van der Waals surface area contributed by atoms with E-state index >= 15 is 0 Å². The van der Waals surface area contributed by atoms with E-state index in [0.717, 1.165) is 5.92 Å². The lowest BCUT2D eigenvalue weighted by Crippen LogP contribution is -2.46. The van der Waals surface area contributed by atoms with Crippen molar-refractivity contribution in [1.29, 1.82) is 0 Å². The maximum atomic E-state index is 3.55. The number of hydrogen-bond acceptors (Lipinski definition) is 1. The van der Waals surface area contributed by atoms with Gasteiger partial charge in [0.05, 0.1) is 0 Å². The van der Waals surface area contributed by atoms with E-state index in [4.69, 9.17) is 0 Å². The third kappa shape index (κ3) is 1.64. The van der Waals surface area contributed by atoms with Crippen LogP contribution in [0.4, 0.5) is 0 Å². The fraction of sp³-hybridized carbons (Fsp3) is 0.538. The van der Waals surface area contributed by atoms with E-state index in [0.29, 0.717) is 6.04 Å². The fourth-order valence-corrected chi connectivity index (χ4v) is 3.35. The van der Waals surface area contributed by atoms with Crippen molar-refractivity contribution in [3.05, 3.63) is 33.8 Å². The van der Waals surface area contributed by atoms with Crippen molar-refractivity contribution in [3.63, 3.8) is 0 Å². The predicted octanol–water partition coefficient (Wildman–Crippen LogP) is 3.39. The highest BCUT2D eigenvalue weighted by Gasteiger charge is 2.34. The van der Waals surface area contributed by atoms with Crippen LogP contribution in [0, 0.1) is 5.92 Å². The Morgan fingerprint density at radius 3 is 2.87 bits per heavy atom. The van der Waals surface area contributed by atoms with E-state index in [1.54, 1.807) is 11.1 Å². The Hall–Kier alpha value is -0.340. The van der Waals surface area contributed by atoms with Gasteiger partial charge in [-0.25, -0.2) is 0 Å². The van der Waals surface area contributed by atoms with Gasteiger partial charge >= 0.3 is 0 Å². The first-order chi connectivity index (χ1) is 7.24. The minimum atomic E-state index is 0.712. The van der Waals surface area contributed by atoms with Crippen LogP contribution in [-0.2, 0) is 6.42 Å². The van der Waals surface area contributed by atoms with Crippen molar-refractivity contribution in [2.24, 2.45) is 5.92 Å². The average Bonchev–Trinajstić information content (AvgIpc) is 2.55. The lowest BCUT2D eigenvalue weighted by Gasteiger charge is -2.42. The van der Waals surface area contributed by atoms with Crippen LogP contribution in [0.15, 0.2) is 22.7 Å². The zero-order valence-electron chi connectivity index (χ0n) is 9.04. The molecule has 1 unspecified atom stereocenters. The molecule has 1 aromatic rings. The molecular formula is C13H16BrN. The Balaban J connectivity index is 1.85. The second kappa shape index (κ2) is 3.60. The summed E-state index contributed by atoms with van der Waals surface area (Å²) in [7, 11) is 0. The Labute approximate surface area is 99.6 Å². The molecule has 1 aromatic carbocycles. The number of likely N-dealkylation sites (tertiary alicyclic amines) is 1. The number of benzene rings is 1. The minimum absolute atomic E-state index is 0.712. The Morgan fingerprint density at radius 1 is 1.33 bits per heavy atom. The molecule has 1 fully saturated rings. The van der Waals surface area contributed by atoms with Crippen molar-refractivity contribution in [1.82, 2.24) is 4.90 Å². The summed E-state index contributed by atoms with van der Waals surface area (Å²) >= 11 is 3.55. The molecule has 2 aliphatic rings. The van der Waals surface area contributed by atoms with Crippen LogP contribution in [0.25, 0.3) is 0 Å². The molecule has 0 spiro atoms. The van der Waals surface area contributed by atoms with E-state index in [2.05, 4.69) is 46.0 Å². The summed E-state index contributed by atoms with van der Waals surface area (Å²) in [6, 6.07) is 7.49. The van der Waals surface area contributed by atoms with Crippen LogP contribution in [0.1, 0.15) is 30.5 Å². The van der Waals surface area contributed by atoms with Gasteiger partial charge < -0.3 is 0 Å². The smallest absolute Gasteiger partial charge is 0.0354 e. The van der Waals surface area contributed by atoms with E-state index < -0.39 is 0 Å². The van der Waals surface area contributed by atoms with Crippen molar-refractivity contribution in [3.8, 4) is 0 Å². The zero-order chi connectivity index (χ0) is 10.4. The fourth-order valence-electron chi connectivity index (χ4n) is 2.94. The summed E-state index contributed by atoms with van der Waals surface area (Å²) in [4.78, 5) is 2.63. The summed E-state index contributed by atoms with van der Waals surface area (Å²) in [5.74, 6) is 0.907. The molecule has 0 amide bonds. The average molecular weight is 266 g/mol. The highest BCUT2D eigenvalue weighted by Crippen LogP contribution is 2.39. The largest absolute Gasteiger partial charge is 0.296 e. The second-order valence-corrected chi connectivity index (χ2v) is 5.87. The van der Waals surface area contributed by atoms with E-state index in [1.807, 2.05) is 0 Å². The molecule has 2 heteroatoms. The lowest BCUT2D eigenvalue weighted by atomic mass is 9.97. The van der Waals surface area contributed by atoms with Gasteiger partial charge in [-0.3, -0.25) is 4.90 Å². The van der Waals surface area contributed by atoms with E-state index in [-0.39, 0.29) is 0 Å². The normalized spacial score (nSPS) is 26.4. The topological polar surface area (TPSA) is 3.24 Å². The maximum absolute atomic E-state index is 3.55. The zero-order valence-corrected chi connectivity index (χ0v) is 10.6. The predicted molar refractivity (Wildman–Crippen MR) is 65.9 cm³/mol.